The molecule has 25 heavy (non-hydrogen) atoms. The molecule has 0 radical (unpaired) electrons. The Hall–Kier alpha value is -2.04. The Bertz CT molecular complexity index is 791. The Labute approximate surface area is 157 Å². The van der Waals surface area contributed by atoms with Crippen LogP contribution in [0.3, 0.4) is 0 Å². The van der Waals surface area contributed by atoms with Gasteiger partial charge in [-0.3, -0.25) is 9.59 Å². The monoisotopic (exact) mass is 378 g/mol. The molecular weight excluding hydrogens is 359 g/mol. The average molecular weight is 379 g/mol. The molecule has 0 aromatic heterocycles. The highest BCUT2D eigenvalue weighted by Crippen LogP contribution is 2.29. The van der Waals surface area contributed by atoms with Crippen LogP contribution in [0.1, 0.15) is 32.3 Å². The second kappa shape index (κ2) is 8.37. The molecule has 0 spiro atoms. The van der Waals surface area contributed by atoms with Crippen molar-refractivity contribution in [2.45, 2.75) is 26.7 Å². The molecule has 0 heterocycles. The van der Waals surface area contributed by atoms with Crippen LogP contribution in [0.25, 0.3) is 0 Å². The van der Waals surface area contributed by atoms with Crippen LogP contribution in [0.2, 0.25) is 10.0 Å². The summed E-state index contributed by atoms with van der Waals surface area (Å²) in [5, 5.41) is 3.66. The number of hydrogen-bond acceptors (Lipinski definition) is 2. The Morgan fingerprint density at radius 3 is 2.40 bits per heavy atom. The average Bonchev–Trinajstić information content (AvgIpc) is 2.53. The van der Waals surface area contributed by atoms with Crippen LogP contribution >= 0.6 is 23.2 Å². The first-order valence-corrected chi connectivity index (χ1v) is 8.67. The summed E-state index contributed by atoms with van der Waals surface area (Å²) in [5.41, 5.74) is 2.23. The van der Waals surface area contributed by atoms with Crippen LogP contribution < -0.4 is 10.2 Å². The summed E-state index contributed by atoms with van der Waals surface area (Å²) in [7, 11) is 0. The fourth-order valence-electron chi connectivity index (χ4n) is 2.51. The van der Waals surface area contributed by atoms with Crippen molar-refractivity contribution in [1.29, 1.82) is 0 Å². The summed E-state index contributed by atoms with van der Waals surface area (Å²) in [4.78, 5) is 25.8. The first-order valence-electron chi connectivity index (χ1n) is 7.91. The lowest BCUT2D eigenvalue weighted by molar-refractivity contribution is -0.120. The molecule has 0 unspecified atom stereocenters. The SMILES string of the molecule is CC(=O)N(CC(=O)Nc1ccccc1C(C)C)c1ccc(Cl)cc1Cl. The van der Waals surface area contributed by atoms with E-state index in [-0.39, 0.29) is 24.3 Å². The molecule has 0 aliphatic heterocycles. The van der Waals surface area contributed by atoms with Crippen LogP contribution in [0.4, 0.5) is 11.4 Å². The van der Waals surface area contributed by atoms with Crippen LogP contribution in [0, 0.1) is 0 Å². The fourth-order valence-corrected chi connectivity index (χ4v) is 3.02. The highest BCUT2D eigenvalue weighted by Gasteiger charge is 2.19. The van der Waals surface area contributed by atoms with Crippen molar-refractivity contribution in [3.05, 3.63) is 58.1 Å². The van der Waals surface area contributed by atoms with E-state index in [2.05, 4.69) is 19.2 Å². The largest absolute Gasteiger partial charge is 0.324 e. The second-order valence-electron chi connectivity index (χ2n) is 5.99. The van der Waals surface area contributed by atoms with Crippen molar-refractivity contribution in [1.82, 2.24) is 0 Å². The quantitative estimate of drug-likeness (QED) is 0.785. The van der Waals surface area contributed by atoms with Gasteiger partial charge in [0.25, 0.3) is 0 Å². The van der Waals surface area contributed by atoms with Gasteiger partial charge in [0.2, 0.25) is 11.8 Å². The van der Waals surface area contributed by atoms with Gasteiger partial charge in [0.15, 0.2) is 0 Å². The van der Waals surface area contributed by atoms with Gasteiger partial charge in [-0.2, -0.15) is 0 Å². The number of carbonyl (C=O) groups excluding carboxylic acids is 2. The minimum atomic E-state index is -0.297. The third-order valence-electron chi connectivity index (χ3n) is 3.74. The van der Waals surface area contributed by atoms with Crippen molar-refractivity contribution in [3.63, 3.8) is 0 Å². The summed E-state index contributed by atoms with van der Waals surface area (Å²) in [6.07, 6.45) is 0. The van der Waals surface area contributed by atoms with Crippen molar-refractivity contribution in [2.24, 2.45) is 0 Å². The molecule has 0 saturated heterocycles. The number of anilines is 2. The summed E-state index contributed by atoms with van der Waals surface area (Å²) in [6.45, 7) is 5.37. The van der Waals surface area contributed by atoms with Crippen molar-refractivity contribution < 1.29 is 9.59 Å². The maximum absolute atomic E-state index is 12.5. The number of benzene rings is 2. The van der Waals surface area contributed by atoms with Gasteiger partial charge in [-0.15, -0.1) is 0 Å². The van der Waals surface area contributed by atoms with Gasteiger partial charge < -0.3 is 10.2 Å². The van der Waals surface area contributed by atoms with E-state index in [1.54, 1.807) is 18.2 Å². The lowest BCUT2D eigenvalue weighted by Crippen LogP contribution is -2.37. The minimum absolute atomic E-state index is 0.136. The van der Waals surface area contributed by atoms with Gasteiger partial charge in [-0.25, -0.2) is 0 Å². The standard InChI is InChI=1S/C19H20Cl2N2O2/c1-12(2)15-6-4-5-7-17(15)22-19(25)11-23(13(3)24)18-9-8-14(20)10-16(18)21/h4-10,12H,11H2,1-3H3,(H,22,25). The number of amides is 2. The predicted octanol–water partition coefficient (Wildman–Crippen LogP) is 5.11. The Morgan fingerprint density at radius 1 is 1.12 bits per heavy atom. The lowest BCUT2D eigenvalue weighted by Gasteiger charge is -2.22. The molecule has 0 bridgehead atoms. The van der Waals surface area contributed by atoms with Gasteiger partial charge >= 0.3 is 0 Å². The first kappa shape index (κ1) is 19.3. The smallest absolute Gasteiger partial charge is 0.244 e. The number of nitrogens with zero attached hydrogens (tertiary/aromatic N) is 1. The Balaban J connectivity index is 2.20. The molecule has 132 valence electrons. The predicted molar refractivity (Wildman–Crippen MR) is 104 cm³/mol. The van der Waals surface area contributed by atoms with Gasteiger partial charge in [0.05, 0.1) is 10.7 Å². The minimum Gasteiger partial charge on any atom is -0.324 e. The summed E-state index contributed by atoms with van der Waals surface area (Å²) >= 11 is 12.1. The topological polar surface area (TPSA) is 49.4 Å². The van der Waals surface area contributed by atoms with E-state index in [0.29, 0.717) is 15.7 Å². The van der Waals surface area contributed by atoms with Crippen molar-refractivity contribution in [2.75, 3.05) is 16.8 Å². The Morgan fingerprint density at radius 2 is 1.80 bits per heavy atom. The van der Waals surface area contributed by atoms with Crippen LogP contribution in [0.15, 0.2) is 42.5 Å². The van der Waals surface area contributed by atoms with Crippen LogP contribution in [-0.2, 0) is 9.59 Å². The molecule has 0 saturated carbocycles. The third kappa shape index (κ3) is 4.97. The Kier molecular flexibility index (Phi) is 6.45. The summed E-state index contributed by atoms with van der Waals surface area (Å²) < 4.78 is 0. The maximum atomic E-state index is 12.5. The van der Waals surface area contributed by atoms with Gasteiger partial charge in [0.1, 0.15) is 6.54 Å². The van der Waals surface area contributed by atoms with E-state index < -0.39 is 0 Å². The van der Waals surface area contributed by atoms with E-state index in [1.165, 1.54) is 11.8 Å². The number of rotatable bonds is 5. The molecule has 4 nitrogen and oxygen atoms in total. The van der Waals surface area contributed by atoms with Crippen molar-refractivity contribution >= 4 is 46.4 Å². The molecule has 6 heteroatoms. The van der Waals surface area contributed by atoms with E-state index in [0.717, 1.165) is 11.3 Å². The molecule has 0 fully saturated rings. The molecule has 0 aliphatic carbocycles. The number of carbonyl (C=O) groups is 2. The highest BCUT2D eigenvalue weighted by atomic mass is 35.5. The molecular formula is C19H20Cl2N2O2. The van der Waals surface area contributed by atoms with Gasteiger partial charge in [-0.05, 0) is 35.7 Å². The molecule has 2 aromatic rings. The van der Waals surface area contributed by atoms with Gasteiger partial charge in [-0.1, -0.05) is 55.2 Å². The summed E-state index contributed by atoms with van der Waals surface area (Å²) in [5.74, 6) is -0.308. The molecule has 0 atom stereocenters. The lowest BCUT2D eigenvalue weighted by atomic mass is 10.0. The number of para-hydroxylation sites is 1. The molecule has 2 amide bonds. The second-order valence-corrected chi connectivity index (χ2v) is 6.83. The molecule has 1 N–H and O–H groups in total. The van der Waals surface area contributed by atoms with E-state index in [4.69, 9.17) is 23.2 Å². The van der Waals surface area contributed by atoms with Crippen LogP contribution in [0.5, 0.6) is 0 Å². The van der Waals surface area contributed by atoms with E-state index in [1.807, 2.05) is 24.3 Å². The number of halogens is 2. The zero-order valence-electron chi connectivity index (χ0n) is 14.3. The summed E-state index contributed by atoms with van der Waals surface area (Å²) in [6, 6.07) is 12.4. The number of nitrogens with one attached hydrogen (secondary N) is 1. The van der Waals surface area contributed by atoms with Crippen LogP contribution in [-0.4, -0.2) is 18.4 Å². The fraction of sp³-hybridized carbons (Fsp3) is 0.263. The number of hydrogen-bond donors (Lipinski definition) is 1. The van der Waals surface area contributed by atoms with Crippen molar-refractivity contribution in [3.8, 4) is 0 Å². The zero-order valence-corrected chi connectivity index (χ0v) is 15.9. The normalized spacial score (nSPS) is 10.6. The van der Waals surface area contributed by atoms with E-state index in [9.17, 15) is 9.59 Å². The third-order valence-corrected chi connectivity index (χ3v) is 4.28. The van der Waals surface area contributed by atoms with E-state index >= 15 is 0 Å². The molecule has 0 aliphatic rings. The highest BCUT2D eigenvalue weighted by molar-refractivity contribution is 6.36. The maximum Gasteiger partial charge on any atom is 0.244 e. The zero-order chi connectivity index (χ0) is 18.6. The first-order chi connectivity index (χ1) is 11.8. The molecule has 2 rings (SSSR count). The molecule has 2 aromatic carbocycles. The van der Waals surface area contributed by atoms with Gasteiger partial charge in [0, 0.05) is 17.6 Å².